The van der Waals surface area contributed by atoms with Gasteiger partial charge < -0.3 is 19.5 Å². The number of anilines is 1. The third-order valence-corrected chi connectivity index (χ3v) is 7.23. The Hall–Kier alpha value is -3.58. The monoisotopic (exact) mass is 676 g/mol. The molecule has 1 heterocycles. The van der Waals surface area contributed by atoms with Crippen molar-refractivity contribution in [1.82, 2.24) is 4.90 Å². The van der Waals surface area contributed by atoms with Gasteiger partial charge in [-0.05, 0) is 114 Å². The normalized spacial score (nSPS) is 14.0. The van der Waals surface area contributed by atoms with Gasteiger partial charge in [-0.1, -0.05) is 12.1 Å². The standard InChI is InChI=1S/C29H26FIN2O6S/c1-3-37-22-10-8-21(9-11-22)32-26(34)16-33-28(35)25(40-29(33)36)15-19-13-23(31)27(24(14-19)38-4-2)39-17-18-6-5-7-20(30)12-18/h5-15H,3-4,16-17H2,1-2H3,(H,32,34)/b25-15+. The third kappa shape index (κ3) is 7.54. The maximum Gasteiger partial charge on any atom is 0.294 e. The van der Waals surface area contributed by atoms with Crippen molar-refractivity contribution in [2.75, 3.05) is 25.1 Å². The SMILES string of the molecule is CCOc1ccc(NC(=O)CN2C(=O)S/C(=C/c3cc(I)c(OCc4cccc(F)c4)c(OCC)c3)C2=O)cc1. The van der Waals surface area contributed by atoms with Crippen LogP contribution in [0.1, 0.15) is 25.0 Å². The topological polar surface area (TPSA) is 94.2 Å². The maximum absolute atomic E-state index is 13.5. The van der Waals surface area contributed by atoms with Crippen LogP contribution in [0.25, 0.3) is 6.08 Å². The highest BCUT2D eigenvalue weighted by atomic mass is 127. The first kappa shape index (κ1) is 29.4. The predicted octanol–water partition coefficient (Wildman–Crippen LogP) is 6.48. The van der Waals surface area contributed by atoms with Crippen LogP contribution in [0.2, 0.25) is 0 Å². The highest BCUT2D eigenvalue weighted by Gasteiger charge is 2.36. The van der Waals surface area contributed by atoms with Gasteiger partial charge in [0.1, 0.15) is 24.7 Å². The first-order valence-electron chi connectivity index (χ1n) is 12.4. The number of ether oxygens (including phenoxy) is 3. The minimum atomic E-state index is -0.559. The summed E-state index contributed by atoms with van der Waals surface area (Å²) in [6.45, 7) is 4.34. The molecule has 3 aromatic rings. The van der Waals surface area contributed by atoms with Crippen molar-refractivity contribution < 1.29 is 33.0 Å². The van der Waals surface area contributed by atoms with E-state index in [9.17, 15) is 18.8 Å². The predicted molar refractivity (Wildman–Crippen MR) is 160 cm³/mol. The molecule has 4 rings (SSSR count). The molecule has 11 heteroatoms. The van der Waals surface area contributed by atoms with Crippen molar-refractivity contribution >= 4 is 63.2 Å². The van der Waals surface area contributed by atoms with Gasteiger partial charge >= 0.3 is 0 Å². The Morgan fingerprint density at radius 1 is 1.02 bits per heavy atom. The van der Waals surface area contributed by atoms with E-state index in [-0.39, 0.29) is 17.3 Å². The highest BCUT2D eigenvalue weighted by Crippen LogP contribution is 2.38. The van der Waals surface area contributed by atoms with Gasteiger partial charge in [0, 0.05) is 5.69 Å². The van der Waals surface area contributed by atoms with Gasteiger partial charge in [0.15, 0.2) is 11.5 Å². The smallest absolute Gasteiger partial charge is 0.294 e. The fourth-order valence-corrected chi connectivity index (χ4v) is 5.41. The molecule has 1 aliphatic heterocycles. The molecule has 0 unspecified atom stereocenters. The van der Waals surface area contributed by atoms with Crippen LogP contribution in [-0.4, -0.2) is 41.7 Å². The molecule has 0 aromatic heterocycles. The number of benzene rings is 3. The molecular weight excluding hydrogens is 650 g/mol. The van der Waals surface area contributed by atoms with E-state index >= 15 is 0 Å². The number of nitrogens with one attached hydrogen (secondary N) is 1. The molecule has 1 saturated heterocycles. The maximum atomic E-state index is 13.5. The Morgan fingerprint density at radius 3 is 2.48 bits per heavy atom. The number of amides is 3. The fraction of sp³-hybridized carbons (Fsp3) is 0.207. The van der Waals surface area contributed by atoms with E-state index < -0.39 is 23.6 Å². The summed E-state index contributed by atoms with van der Waals surface area (Å²) < 4.78 is 31.4. The Labute approximate surface area is 249 Å². The lowest BCUT2D eigenvalue weighted by molar-refractivity contribution is -0.127. The van der Waals surface area contributed by atoms with Crippen LogP contribution in [0.15, 0.2) is 65.6 Å². The molecule has 3 amide bonds. The van der Waals surface area contributed by atoms with E-state index in [1.54, 1.807) is 54.6 Å². The Kier molecular flexibility index (Phi) is 10.0. The number of hydrogen-bond acceptors (Lipinski definition) is 7. The quantitative estimate of drug-likeness (QED) is 0.184. The minimum Gasteiger partial charge on any atom is -0.494 e. The summed E-state index contributed by atoms with van der Waals surface area (Å²) in [7, 11) is 0. The summed E-state index contributed by atoms with van der Waals surface area (Å²) in [4.78, 5) is 39.2. The van der Waals surface area contributed by atoms with Crippen molar-refractivity contribution in [3.8, 4) is 17.2 Å². The number of hydrogen-bond donors (Lipinski definition) is 1. The first-order chi connectivity index (χ1) is 19.3. The Morgan fingerprint density at radius 2 is 1.77 bits per heavy atom. The lowest BCUT2D eigenvalue weighted by Crippen LogP contribution is -2.36. The second kappa shape index (κ2) is 13.7. The minimum absolute atomic E-state index is 0.144. The van der Waals surface area contributed by atoms with Crippen molar-refractivity contribution in [3.63, 3.8) is 0 Å². The first-order valence-corrected chi connectivity index (χ1v) is 14.3. The van der Waals surface area contributed by atoms with Crippen molar-refractivity contribution in [3.05, 3.63) is 86.1 Å². The lowest BCUT2D eigenvalue weighted by Gasteiger charge is -2.15. The van der Waals surface area contributed by atoms with Gasteiger partial charge in [-0.2, -0.15) is 0 Å². The molecule has 0 saturated carbocycles. The van der Waals surface area contributed by atoms with Gasteiger partial charge in [0.05, 0.1) is 21.7 Å². The van der Waals surface area contributed by atoms with Gasteiger partial charge in [0.25, 0.3) is 11.1 Å². The number of carbonyl (C=O) groups excluding carboxylic acids is 3. The number of imide groups is 1. The van der Waals surface area contributed by atoms with E-state index in [0.29, 0.717) is 50.8 Å². The van der Waals surface area contributed by atoms with Crippen LogP contribution in [0.5, 0.6) is 17.2 Å². The highest BCUT2D eigenvalue weighted by molar-refractivity contribution is 14.1. The number of halogens is 2. The largest absolute Gasteiger partial charge is 0.494 e. The molecule has 40 heavy (non-hydrogen) atoms. The number of rotatable bonds is 11. The molecule has 0 bridgehead atoms. The summed E-state index contributed by atoms with van der Waals surface area (Å²) in [5.41, 5.74) is 1.81. The van der Waals surface area contributed by atoms with Crippen molar-refractivity contribution in [1.29, 1.82) is 0 Å². The molecule has 1 fully saturated rings. The van der Waals surface area contributed by atoms with Crippen LogP contribution in [-0.2, 0) is 16.2 Å². The number of carbonyl (C=O) groups is 3. The van der Waals surface area contributed by atoms with E-state index in [1.165, 1.54) is 12.1 Å². The summed E-state index contributed by atoms with van der Waals surface area (Å²) in [5, 5.41) is 2.15. The summed E-state index contributed by atoms with van der Waals surface area (Å²) >= 11 is 2.86. The van der Waals surface area contributed by atoms with E-state index in [1.807, 2.05) is 13.8 Å². The van der Waals surface area contributed by atoms with E-state index in [0.717, 1.165) is 16.7 Å². The number of nitrogens with zero attached hydrogens (tertiary/aromatic N) is 1. The molecular formula is C29H26FIN2O6S. The van der Waals surface area contributed by atoms with Crippen molar-refractivity contribution in [2.45, 2.75) is 20.5 Å². The molecule has 3 aromatic carbocycles. The van der Waals surface area contributed by atoms with Gasteiger partial charge in [0.2, 0.25) is 5.91 Å². The van der Waals surface area contributed by atoms with Crippen LogP contribution in [0, 0.1) is 9.39 Å². The second-order valence-corrected chi connectivity index (χ2v) is 10.6. The van der Waals surface area contributed by atoms with Crippen molar-refractivity contribution in [2.24, 2.45) is 0 Å². The molecule has 0 atom stereocenters. The van der Waals surface area contributed by atoms with Gasteiger partial charge in [-0.3, -0.25) is 19.3 Å². The summed E-state index contributed by atoms with van der Waals surface area (Å²) in [6, 6.07) is 16.4. The summed E-state index contributed by atoms with van der Waals surface area (Å²) in [5.74, 6) is 0.203. The van der Waals surface area contributed by atoms with E-state index in [4.69, 9.17) is 14.2 Å². The second-order valence-electron chi connectivity index (χ2n) is 8.46. The zero-order valence-corrected chi connectivity index (χ0v) is 24.7. The molecule has 0 radical (unpaired) electrons. The zero-order chi connectivity index (χ0) is 28.6. The Bertz CT molecular complexity index is 1450. The number of thioether (sulfide) groups is 1. The average molecular weight is 677 g/mol. The zero-order valence-electron chi connectivity index (χ0n) is 21.7. The summed E-state index contributed by atoms with van der Waals surface area (Å²) in [6.07, 6.45) is 1.58. The van der Waals surface area contributed by atoms with Crippen LogP contribution < -0.4 is 19.5 Å². The van der Waals surface area contributed by atoms with E-state index in [2.05, 4.69) is 27.9 Å². The molecule has 208 valence electrons. The molecule has 8 nitrogen and oxygen atoms in total. The average Bonchev–Trinajstić information content (AvgIpc) is 3.17. The lowest BCUT2D eigenvalue weighted by atomic mass is 10.1. The fourth-order valence-electron chi connectivity index (χ4n) is 3.79. The molecule has 0 aliphatic carbocycles. The molecule has 1 N–H and O–H groups in total. The molecule has 1 aliphatic rings. The Balaban J connectivity index is 1.45. The van der Waals surface area contributed by atoms with Crippen LogP contribution in [0.3, 0.4) is 0 Å². The van der Waals surface area contributed by atoms with Gasteiger partial charge in [-0.25, -0.2) is 4.39 Å². The van der Waals surface area contributed by atoms with Gasteiger partial charge in [-0.15, -0.1) is 0 Å². The van der Waals surface area contributed by atoms with Crippen LogP contribution in [0.4, 0.5) is 14.9 Å². The molecule has 0 spiro atoms. The third-order valence-electron chi connectivity index (χ3n) is 5.53. The van der Waals surface area contributed by atoms with Crippen LogP contribution >= 0.6 is 34.4 Å².